The summed E-state index contributed by atoms with van der Waals surface area (Å²) in [6.07, 6.45) is 9.65. The van der Waals surface area contributed by atoms with Crippen LogP contribution in [0.4, 0.5) is 0 Å². The highest BCUT2D eigenvalue weighted by Gasteiger charge is 2.27. The molecule has 2 aliphatic rings. The molecular weight excluding hydrogens is 299 g/mol. The maximum atomic E-state index is 3.40. The number of nitrogens with zero attached hydrogens (tertiary/aromatic N) is 1. The van der Waals surface area contributed by atoms with Gasteiger partial charge in [-0.2, -0.15) is 0 Å². The van der Waals surface area contributed by atoms with Crippen LogP contribution in [-0.2, 0) is 0 Å². The summed E-state index contributed by atoms with van der Waals surface area (Å²) in [5.74, 6) is 0. The van der Waals surface area contributed by atoms with E-state index in [1.807, 2.05) is 0 Å². The Morgan fingerprint density at radius 2 is 1.87 bits per heavy atom. The van der Waals surface area contributed by atoms with Crippen molar-refractivity contribution in [3.05, 3.63) is 12.3 Å². The molecule has 1 fully saturated rings. The van der Waals surface area contributed by atoms with Gasteiger partial charge in [0.05, 0.1) is 6.42 Å². The molecule has 1 N–H and O–H groups in total. The van der Waals surface area contributed by atoms with Crippen molar-refractivity contribution in [1.29, 1.82) is 0 Å². The average Bonchev–Trinajstić information content (AvgIpc) is 2.18. The zero-order valence-corrected chi connectivity index (χ0v) is 11.9. The monoisotopic (exact) mass is 320 g/mol. The van der Waals surface area contributed by atoms with Crippen LogP contribution in [0.2, 0.25) is 0 Å². The topological polar surface area (TPSA) is 15.0 Å². The minimum Gasteiger partial charge on any atom is -1.00 e. The molecule has 15 heavy (non-hydrogen) atoms. The summed E-state index contributed by atoms with van der Waals surface area (Å²) in [6, 6.07) is 0. The van der Waals surface area contributed by atoms with E-state index in [2.05, 4.69) is 36.0 Å². The normalized spacial score (nSPS) is 24.4. The van der Waals surface area contributed by atoms with Gasteiger partial charge < -0.3 is 29.3 Å². The average molecular weight is 320 g/mol. The fourth-order valence-electron chi connectivity index (χ4n) is 2.32. The van der Waals surface area contributed by atoms with E-state index in [1.54, 1.807) is 0 Å². The van der Waals surface area contributed by atoms with Crippen LogP contribution in [0.15, 0.2) is 12.3 Å². The van der Waals surface area contributed by atoms with E-state index < -0.39 is 0 Å². The molecule has 2 rings (SSSR count). The van der Waals surface area contributed by atoms with E-state index in [0.717, 1.165) is 6.42 Å². The molecule has 0 amide bonds. The van der Waals surface area contributed by atoms with Crippen LogP contribution in [0, 0.1) is 0 Å². The van der Waals surface area contributed by atoms with Crippen LogP contribution in [0.25, 0.3) is 0 Å². The summed E-state index contributed by atoms with van der Waals surface area (Å²) in [5, 5.41) is 3.40. The highest BCUT2D eigenvalue weighted by molar-refractivity contribution is 5.92. The molecule has 2 heterocycles. The van der Waals surface area contributed by atoms with Gasteiger partial charge in [-0.05, 0) is 20.3 Å². The molecule has 0 radical (unpaired) electrons. The van der Waals surface area contributed by atoms with Crippen molar-refractivity contribution >= 4 is 5.71 Å². The van der Waals surface area contributed by atoms with Crippen LogP contribution in [0.1, 0.15) is 39.5 Å². The van der Waals surface area contributed by atoms with Gasteiger partial charge in [-0.3, -0.25) is 0 Å². The van der Waals surface area contributed by atoms with E-state index in [9.17, 15) is 0 Å². The van der Waals surface area contributed by atoms with E-state index in [1.165, 1.54) is 38.1 Å². The Bertz CT molecular complexity index is 271. The SMILES string of the molecule is CC1(C)CC(=[N+]2CCCCC2)C=CN1.[I-]. The first kappa shape index (κ1) is 13.0. The zero-order chi connectivity index (χ0) is 10.0. The summed E-state index contributed by atoms with van der Waals surface area (Å²) in [7, 11) is 0. The van der Waals surface area contributed by atoms with Crippen molar-refractivity contribution < 1.29 is 28.6 Å². The Kier molecular flexibility index (Phi) is 4.62. The molecule has 1 saturated heterocycles. The van der Waals surface area contributed by atoms with Gasteiger partial charge in [-0.15, -0.1) is 0 Å². The van der Waals surface area contributed by atoms with E-state index in [4.69, 9.17) is 0 Å². The molecule has 3 heteroatoms. The van der Waals surface area contributed by atoms with Gasteiger partial charge >= 0.3 is 0 Å². The molecule has 0 atom stereocenters. The third-order valence-electron chi connectivity index (χ3n) is 3.14. The number of allylic oxidation sites excluding steroid dienone is 1. The first-order chi connectivity index (χ1) is 6.67. The maximum Gasteiger partial charge on any atom is 0.179 e. The molecule has 0 bridgehead atoms. The molecule has 0 aromatic rings. The number of halogens is 1. The van der Waals surface area contributed by atoms with Crippen LogP contribution in [0.3, 0.4) is 0 Å². The predicted molar refractivity (Wildman–Crippen MR) is 59.8 cm³/mol. The zero-order valence-electron chi connectivity index (χ0n) is 9.72. The van der Waals surface area contributed by atoms with E-state index in [-0.39, 0.29) is 29.5 Å². The van der Waals surface area contributed by atoms with Gasteiger partial charge in [-0.25, -0.2) is 4.58 Å². The summed E-state index contributed by atoms with van der Waals surface area (Å²) in [4.78, 5) is 0. The lowest BCUT2D eigenvalue weighted by Gasteiger charge is -2.28. The Morgan fingerprint density at radius 1 is 1.20 bits per heavy atom. The maximum absolute atomic E-state index is 3.40. The number of rotatable bonds is 0. The highest BCUT2D eigenvalue weighted by atomic mass is 127. The summed E-state index contributed by atoms with van der Waals surface area (Å²) in [5.41, 5.74) is 1.76. The van der Waals surface area contributed by atoms with Gasteiger partial charge in [-0.1, -0.05) is 0 Å². The Labute approximate surface area is 110 Å². The number of nitrogens with one attached hydrogen (secondary N) is 1. The van der Waals surface area contributed by atoms with Crippen molar-refractivity contribution in [1.82, 2.24) is 5.32 Å². The lowest BCUT2D eigenvalue weighted by Crippen LogP contribution is -3.00. The fourth-order valence-corrected chi connectivity index (χ4v) is 2.32. The van der Waals surface area contributed by atoms with Crippen molar-refractivity contribution in [3.63, 3.8) is 0 Å². The first-order valence-electron chi connectivity index (χ1n) is 5.72. The quantitative estimate of drug-likeness (QED) is 0.443. The molecule has 0 saturated carbocycles. The van der Waals surface area contributed by atoms with Crippen molar-refractivity contribution in [2.75, 3.05) is 13.1 Å². The second-order valence-corrected chi connectivity index (χ2v) is 5.08. The third kappa shape index (κ3) is 3.47. The molecule has 0 spiro atoms. The number of hydrogen-bond donors (Lipinski definition) is 1. The Morgan fingerprint density at radius 3 is 2.47 bits per heavy atom. The predicted octanol–water partition coefficient (Wildman–Crippen LogP) is -1.09. The Balaban J connectivity index is 0.00000112. The van der Waals surface area contributed by atoms with Crippen LogP contribution in [0.5, 0.6) is 0 Å². The Hall–Kier alpha value is -0.0600. The van der Waals surface area contributed by atoms with E-state index in [0.29, 0.717) is 0 Å². The molecule has 2 aliphatic heterocycles. The molecule has 0 aliphatic carbocycles. The van der Waals surface area contributed by atoms with Gasteiger partial charge in [0.15, 0.2) is 5.71 Å². The first-order valence-corrected chi connectivity index (χ1v) is 5.72. The molecule has 0 aromatic carbocycles. The van der Waals surface area contributed by atoms with Gasteiger partial charge in [0, 0.05) is 30.7 Å². The van der Waals surface area contributed by atoms with E-state index >= 15 is 0 Å². The third-order valence-corrected chi connectivity index (χ3v) is 3.14. The summed E-state index contributed by atoms with van der Waals surface area (Å²) < 4.78 is 2.56. The summed E-state index contributed by atoms with van der Waals surface area (Å²) >= 11 is 0. The van der Waals surface area contributed by atoms with Crippen molar-refractivity contribution in [3.8, 4) is 0 Å². The molecule has 86 valence electrons. The van der Waals surface area contributed by atoms with Crippen LogP contribution in [-0.4, -0.2) is 28.9 Å². The minimum absolute atomic E-state index is 0. The molecular formula is C12H21IN2. The molecule has 2 nitrogen and oxygen atoms in total. The number of hydrogen-bond acceptors (Lipinski definition) is 1. The largest absolute Gasteiger partial charge is 1.00 e. The van der Waals surface area contributed by atoms with Gasteiger partial charge in [0.25, 0.3) is 0 Å². The standard InChI is InChI=1S/C12H20N2.HI/c1-12(2)10-11(6-7-13-12)14-8-4-3-5-9-14;/h6-7H,3-5,8-10H2,1-2H3;1H. The lowest BCUT2D eigenvalue weighted by molar-refractivity contribution is -0.538. The van der Waals surface area contributed by atoms with Crippen molar-refractivity contribution in [2.45, 2.75) is 45.1 Å². The summed E-state index contributed by atoms with van der Waals surface area (Å²) in [6.45, 7) is 7.05. The van der Waals surface area contributed by atoms with Crippen LogP contribution >= 0.6 is 0 Å². The van der Waals surface area contributed by atoms with Gasteiger partial charge in [0.2, 0.25) is 0 Å². The fraction of sp³-hybridized carbons (Fsp3) is 0.750. The molecule has 0 aromatic heterocycles. The van der Waals surface area contributed by atoms with Crippen molar-refractivity contribution in [2.24, 2.45) is 0 Å². The smallest absolute Gasteiger partial charge is 0.179 e. The number of piperidine rings is 1. The van der Waals surface area contributed by atoms with Gasteiger partial charge in [0.1, 0.15) is 13.1 Å². The lowest BCUT2D eigenvalue weighted by atomic mass is 9.94. The molecule has 0 unspecified atom stereocenters. The second-order valence-electron chi connectivity index (χ2n) is 5.08. The highest BCUT2D eigenvalue weighted by Crippen LogP contribution is 2.16. The second kappa shape index (κ2) is 5.32. The minimum atomic E-state index is 0. The van der Waals surface area contributed by atoms with Crippen LogP contribution < -0.4 is 29.3 Å².